The zero-order valence-corrected chi connectivity index (χ0v) is 5.37. The van der Waals surface area contributed by atoms with E-state index in [1.807, 2.05) is 0 Å². The van der Waals surface area contributed by atoms with Gasteiger partial charge < -0.3 is 10.2 Å². The Hall–Kier alpha value is -0.200. The highest BCUT2D eigenvalue weighted by Crippen LogP contribution is 2.13. The van der Waals surface area contributed by atoms with Crippen molar-refractivity contribution in [1.29, 1.82) is 0 Å². The van der Waals surface area contributed by atoms with Gasteiger partial charge in [-0.3, -0.25) is 0 Å². The van der Waals surface area contributed by atoms with Gasteiger partial charge in [-0.25, -0.2) is 6.57 Å². The number of nitrogens with zero attached hydrogens (tertiary/aromatic N) is 1. The Morgan fingerprint density at radius 1 is 1.75 bits per heavy atom. The maximum atomic E-state index is 6.66. The van der Waals surface area contributed by atoms with Gasteiger partial charge in [0.25, 0.3) is 5.37 Å². The van der Waals surface area contributed by atoms with E-state index in [-0.39, 0.29) is 5.37 Å². The van der Waals surface area contributed by atoms with Gasteiger partial charge in [0, 0.05) is 12.3 Å². The lowest BCUT2D eigenvalue weighted by Crippen LogP contribution is -2.30. The number of hydrogen-bond donors (Lipinski definition) is 1. The van der Waals surface area contributed by atoms with Crippen LogP contribution in [0.25, 0.3) is 4.85 Å². The fraction of sp³-hybridized carbons (Fsp3) is 0.800. The summed E-state index contributed by atoms with van der Waals surface area (Å²) < 4.78 is 0. The third-order valence-corrected chi connectivity index (χ3v) is 2.15. The van der Waals surface area contributed by atoms with Crippen LogP contribution in [0.4, 0.5) is 0 Å². The molecule has 2 nitrogen and oxygen atoms in total. The molecule has 44 valence electrons. The maximum absolute atomic E-state index is 6.66. The lowest BCUT2D eigenvalue weighted by Gasteiger charge is -2.11. The summed E-state index contributed by atoms with van der Waals surface area (Å²) in [4.78, 5) is 3.40. The first-order valence-electron chi connectivity index (χ1n) is 2.62. The van der Waals surface area contributed by atoms with Crippen LogP contribution in [0, 0.1) is 6.57 Å². The summed E-state index contributed by atoms with van der Waals surface area (Å²) in [5.41, 5.74) is 0. The molecule has 1 rings (SSSR count). The summed E-state index contributed by atoms with van der Waals surface area (Å²) in [5, 5.41) is 3.34. The molecule has 1 heterocycles. The van der Waals surface area contributed by atoms with E-state index in [1.54, 1.807) is 11.8 Å². The van der Waals surface area contributed by atoms with Gasteiger partial charge in [0.2, 0.25) is 0 Å². The van der Waals surface area contributed by atoms with Gasteiger partial charge in [0.1, 0.15) is 0 Å². The normalized spacial score (nSPS) is 29.1. The molecule has 0 aromatic heterocycles. The van der Waals surface area contributed by atoms with Crippen molar-refractivity contribution in [1.82, 2.24) is 5.32 Å². The fourth-order valence-electron chi connectivity index (χ4n) is 0.635. The second-order valence-corrected chi connectivity index (χ2v) is 2.94. The second kappa shape index (κ2) is 2.95. The fourth-order valence-corrected chi connectivity index (χ4v) is 1.48. The molecule has 0 saturated carbocycles. The molecule has 1 saturated heterocycles. The van der Waals surface area contributed by atoms with Gasteiger partial charge >= 0.3 is 0 Å². The van der Waals surface area contributed by atoms with Gasteiger partial charge in [-0.1, -0.05) is 11.8 Å². The summed E-state index contributed by atoms with van der Waals surface area (Å²) in [6.45, 7) is 8.60. The van der Waals surface area contributed by atoms with Crippen LogP contribution >= 0.6 is 11.8 Å². The molecule has 1 unspecified atom stereocenters. The molecule has 8 heavy (non-hydrogen) atoms. The Morgan fingerprint density at radius 3 is 3.00 bits per heavy atom. The van der Waals surface area contributed by atoms with E-state index in [0.29, 0.717) is 0 Å². The topological polar surface area (TPSA) is 16.4 Å². The smallest absolute Gasteiger partial charge is 0.281 e. The second-order valence-electron chi connectivity index (χ2n) is 1.66. The lowest BCUT2D eigenvalue weighted by molar-refractivity contribution is 0.716. The monoisotopic (exact) mass is 128 g/mol. The first kappa shape index (κ1) is 5.93. The summed E-state index contributed by atoms with van der Waals surface area (Å²) in [6, 6.07) is 0. The van der Waals surface area contributed by atoms with Crippen molar-refractivity contribution in [2.75, 3.05) is 18.8 Å². The van der Waals surface area contributed by atoms with Gasteiger partial charge in [-0.05, 0) is 0 Å². The van der Waals surface area contributed by atoms with E-state index in [1.165, 1.54) is 0 Å². The van der Waals surface area contributed by atoms with Crippen molar-refractivity contribution in [2.24, 2.45) is 0 Å². The molecule has 0 amide bonds. The molecular weight excluding hydrogens is 120 g/mol. The third kappa shape index (κ3) is 1.39. The zero-order chi connectivity index (χ0) is 5.82. The van der Waals surface area contributed by atoms with E-state index in [2.05, 4.69) is 10.2 Å². The van der Waals surface area contributed by atoms with Crippen molar-refractivity contribution < 1.29 is 0 Å². The molecule has 0 radical (unpaired) electrons. The molecular formula is C5H8N2S. The quantitative estimate of drug-likeness (QED) is 0.480. The van der Waals surface area contributed by atoms with Crippen LogP contribution in [0.1, 0.15) is 0 Å². The van der Waals surface area contributed by atoms with Crippen molar-refractivity contribution in [3.8, 4) is 0 Å². The molecule has 1 aliphatic heterocycles. The predicted octanol–water partition coefficient (Wildman–Crippen LogP) is 0.568. The molecule has 1 N–H and O–H groups in total. The number of nitrogens with one attached hydrogen (secondary N) is 1. The largest absolute Gasteiger partial charge is 0.308 e. The van der Waals surface area contributed by atoms with E-state index >= 15 is 0 Å². The first-order chi connectivity index (χ1) is 3.93. The van der Waals surface area contributed by atoms with Crippen LogP contribution in [0.5, 0.6) is 0 Å². The van der Waals surface area contributed by atoms with Crippen molar-refractivity contribution in [2.45, 2.75) is 5.37 Å². The van der Waals surface area contributed by atoms with Gasteiger partial charge in [0.15, 0.2) is 0 Å². The van der Waals surface area contributed by atoms with Crippen LogP contribution in [-0.2, 0) is 0 Å². The first-order valence-corrected chi connectivity index (χ1v) is 3.67. The average Bonchev–Trinajstić information content (AvgIpc) is 1.90. The number of thioether (sulfide) groups is 1. The minimum absolute atomic E-state index is 0.184. The summed E-state index contributed by atoms with van der Waals surface area (Å²) in [7, 11) is 0. The van der Waals surface area contributed by atoms with Crippen molar-refractivity contribution in [3.63, 3.8) is 0 Å². The molecule has 1 atom stereocenters. The Morgan fingerprint density at radius 2 is 2.62 bits per heavy atom. The predicted molar refractivity (Wildman–Crippen MR) is 35.7 cm³/mol. The van der Waals surface area contributed by atoms with E-state index < -0.39 is 0 Å². The summed E-state index contributed by atoms with van der Waals surface area (Å²) in [5.74, 6) is 1.09. The van der Waals surface area contributed by atoms with Crippen LogP contribution < -0.4 is 5.32 Å². The Balaban J connectivity index is 2.25. The Kier molecular flexibility index (Phi) is 2.19. The minimum Gasteiger partial charge on any atom is -0.308 e. The highest BCUT2D eigenvalue weighted by atomic mass is 32.2. The summed E-state index contributed by atoms with van der Waals surface area (Å²) >= 11 is 1.75. The molecule has 1 aliphatic rings. The Bertz CT molecular complexity index is 101. The maximum Gasteiger partial charge on any atom is 0.281 e. The third-order valence-electron chi connectivity index (χ3n) is 1.05. The van der Waals surface area contributed by atoms with Crippen LogP contribution in [0.15, 0.2) is 0 Å². The molecule has 1 fully saturated rings. The number of rotatable bonds is 0. The highest BCUT2D eigenvalue weighted by molar-refractivity contribution is 8.00. The van der Waals surface area contributed by atoms with E-state index in [4.69, 9.17) is 6.57 Å². The van der Waals surface area contributed by atoms with Crippen LogP contribution in [0.3, 0.4) is 0 Å². The molecule has 0 bridgehead atoms. The minimum atomic E-state index is 0.184. The molecule has 0 aromatic rings. The zero-order valence-electron chi connectivity index (χ0n) is 4.55. The van der Waals surface area contributed by atoms with E-state index in [9.17, 15) is 0 Å². The average molecular weight is 128 g/mol. The van der Waals surface area contributed by atoms with Crippen LogP contribution in [0.2, 0.25) is 0 Å². The summed E-state index contributed by atoms with van der Waals surface area (Å²) in [6.07, 6.45) is 0. The lowest BCUT2D eigenvalue weighted by atomic mass is 10.6. The molecule has 0 aliphatic carbocycles. The number of hydrogen-bond acceptors (Lipinski definition) is 2. The van der Waals surface area contributed by atoms with Crippen LogP contribution in [-0.4, -0.2) is 24.2 Å². The molecule has 0 spiro atoms. The van der Waals surface area contributed by atoms with Gasteiger partial charge in [0.05, 0.1) is 6.54 Å². The van der Waals surface area contributed by atoms with Crippen molar-refractivity contribution >= 4 is 11.8 Å². The Labute approximate surface area is 53.5 Å². The van der Waals surface area contributed by atoms with Gasteiger partial charge in [-0.15, -0.1) is 0 Å². The van der Waals surface area contributed by atoms with Crippen molar-refractivity contribution in [3.05, 3.63) is 11.4 Å². The van der Waals surface area contributed by atoms with Gasteiger partial charge in [-0.2, -0.15) is 0 Å². The SMILES string of the molecule is [C-]#[N+]C1CNCCS1. The highest BCUT2D eigenvalue weighted by Gasteiger charge is 2.15. The standard InChI is InChI=1S/C5H8N2S/c1-6-5-4-7-2-3-8-5/h5,7H,2-4H2. The molecule has 0 aromatic carbocycles. The van der Waals surface area contributed by atoms with E-state index in [0.717, 1.165) is 18.8 Å². The molecule has 3 heteroatoms.